The molecule has 0 N–H and O–H groups in total. The molecule has 1 heterocycles. The lowest BCUT2D eigenvalue weighted by Crippen LogP contribution is -2.57. The average Bonchev–Trinajstić information content (AvgIpc) is 2.27. The Labute approximate surface area is 106 Å². The SMILES string of the molecule is CN1CCCCC1C12CC3CC(CC(C3)C1)C2. The fraction of sp³-hybridized carbons (Fsp3) is 1.00. The van der Waals surface area contributed by atoms with E-state index in [1.165, 1.54) is 25.8 Å². The highest BCUT2D eigenvalue weighted by atomic mass is 15.1. The maximum absolute atomic E-state index is 2.73. The summed E-state index contributed by atoms with van der Waals surface area (Å²) >= 11 is 0. The summed E-state index contributed by atoms with van der Waals surface area (Å²) in [4.78, 5) is 2.73. The molecule has 4 bridgehead atoms. The molecular weight excluding hydrogens is 206 g/mol. The van der Waals surface area contributed by atoms with Crippen molar-refractivity contribution >= 4 is 0 Å². The van der Waals surface area contributed by atoms with Crippen LogP contribution in [0.4, 0.5) is 0 Å². The molecule has 1 atom stereocenters. The maximum Gasteiger partial charge on any atom is 0.0149 e. The molecule has 4 aliphatic carbocycles. The Bertz CT molecular complexity index is 273. The average molecular weight is 233 g/mol. The Hall–Kier alpha value is -0.0400. The fourth-order valence-corrected chi connectivity index (χ4v) is 6.43. The monoisotopic (exact) mass is 233 g/mol. The number of hydrogen-bond acceptors (Lipinski definition) is 1. The molecule has 17 heavy (non-hydrogen) atoms. The summed E-state index contributed by atoms with van der Waals surface area (Å²) in [6.45, 7) is 1.37. The Morgan fingerprint density at radius 1 is 0.882 bits per heavy atom. The first-order chi connectivity index (χ1) is 8.25. The predicted molar refractivity (Wildman–Crippen MR) is 70.9 cm³/mol. The summed E-state index contributed by atoms with van der Waals surface area (Å²) in [6, 6.07) is 0.949. The number of piperidine rings is 1. The molecule has 96 valence electrons. The minimum atomic E-state index is 0.768. The largest absolute Gasteiger partial charge is 0.303 e. The quantitative estimate of drug-likeness (QED) is 0.667. The number of nitrogens with zero attached hydrogens (tertiary/aromatic N) is 1. The van der Waals surface area contributed by atoms with Gasteiger partial charge in [0.2, 0.25) is 0 Å². The zero-order valence-electron chi connectivity index (χ0n) is 11.3. The molecule has 1 heteroatoms. The fourth-order valence-electron chi connectivity index (χ4n) is 6.43. The Morgan fingerprint density at radius 2 is 1.47 bits per heavy atom. The van der Waals surface area contributed by atoms with E-state index in [9.17, 15) is 0 Å². The third-order valence-electron chi connectivity index (χ3n) is 6.56. The van der Waals surface area contributed by atoms with Gasteiger partial charge in [0, 0.05) is 6.04 Å². The van der Waals surface area contributed by atoms with Crippen molar-refractivity contribution in [3.63, 3.8) is 0 Å². The van der Waals surface area contributed by atoms with E-state index in [0.717, 1.165) is 29.2 Å². The molecule has 0 radical (unpaired) electrons. The van der Waals surface area contributed by atoms with Crippen molar-refractivity contribution in [2.45, 2.75) is 63.8 Å². The molecule has 0 spiro atoms. The van der Waals surface area contributed by atoms with Crippen LogP contribution in [-0.4, -0.2) is 24.5 Å². The van der Waals surface area contributed by atoms with E-state index in [-0.39, 0.29) is 0 Å². The van der Waals surface area contributed by atoms with E-state index in [1.807, 2.05) is 0 Å². The Kier molecular flexibility index (Phi) is 2.38. The summed E-state index contributed by atoms with van der Waals surface area (Å²) in [6.07, 6.45) is 14.0. The van der Waals surface area contributed by atoms with Crippen LogP contribution in [0.15, 0.2) is 0 Å². The summed E-state index contributed by atoms with van der Waals surface area (Å²) in [7, 11) is 2.41. The lowest BCUT2D eigenvalue weighted by molar-refractivity contribution is -0.105. The third kappa shape index (κ3) is 1.61. The molecule has 0 aromatic heterocycles. The zero-order chi connectivity index (χ0) is 11.5. The van der Waals surface area contributed by atoms with E-state index in [0.29, 0.717) is 0 Å². The van der Waals surface area contributed by atoms with Gasteiger partial charge in [0.1, 0.15) is 0 Å². The molecule has 4 saturated carbocycles. The first kappa shape index (κ1) is 10.8. The minimum absolute atomic E-state index is 0.768. The lowest BCUT2D eigenvalue weighted by Gasteiger charge is -2.61. The molecule has 0 amide bonds. The molecule has 0 aromatic rings. The van der Waals surface area contributed by atoms with Crippen LogP contribution in [0.2, 0.25) is 0 Å². The van der Waals surface area contributed by atoms with E-state index >= 15 is 0 Å². The number of rotatable bonds is 1. The van der Waals surface area contributed by atoms with Crippen LogP contribution in [0.25, 0.3) is 0 Å². The van der Waals surface area contributed by atoms with E-state index < -0.39 is 0 Å². The van der Waals surface area contributed by atoms with Gasteiger partial charge in [-0.15, -0.1) is 0 Å². The minimum Gasteiger partial charge on any atom is -0.303 e. The van der Waals surface area contributed by atoms with Gasteiger partial charge in [-0.3, -0.25) is 0 Å². The lowest BCUT2D eigenvalue weighted by atomic mass is 9.47. The van der Waals surface area contributed by atoms with Gasteiger partial charge in [-0.25, -0.2) is 0 Å². The van der Waals surface area contributed by atoms with Crippen LogP contribution in [0.1, 0.15) is 57.8 Å². The van der Waals surface area contributed by atoms with Crippen LogP contribution in [0.3, 0.4) is 0 Å². The van der Waals surface area contributed by atoms with E-state index in [2.05, 4.69) is 11.9 Å². The van der Waals surface area contributed by atoms with Gasteiger partial charge in [-0.05, 0) is 88.1 Å². The number of hydrogen-bond donors (Lipinski definition) is 0. The van der Waals surface area contributed by atoms with Gasteiger partial charge >= 0.3 is 0 Å². The van der Waals surface area contributed by atoms with Crippen LogP contribution >= 0.6 is 0 Å². The second-order valence-electron chi connectivity index (χ2n) is 7.77. The van der Waals surface area contributed by atoms with Crippen LogP contribution in [0, 0.1) is 23.2 Å². The van der Waals surface area contributed by atoms with Gasteiger partial charge in [0.05, 0.1) is 0 Å². The molecule has 0 aromatic carbocycles. The van der Waals surface area contributed by atoms with Crippen LogP contribution in [-0.2, 0) is 0 Å². The van der Waals surface area contributed by atoms with Gasteiger partial charge in [0.15, 0.2) is 0 Å². The molecule has 1 aliphatic heterocycles. The van der Waals surface area contributed by atoms with Crippen molar-refractivity contribution in [2.75, 3.05) is 13.6 Å². The molecule has 5 rings (SSSR count). The highest BCUT2D eigenvalue weighted by Crippen LogP contribution is 2.62. The summed E-state index contributed by atoms with van der Waals surface area (Å²) in [5.41, 5.74) is 0.768. The molecular formula is C16H27N. The van der Waals surface area contributed by atoms with Gasteiger partial charge in [-0.1, -0.05) is 6.42 Å². The molecule has 5 fully saturated rings. The Morgan fingerprint density at radius 3 is 2.00 bits per heavy atom. The molecule has 1 saturated heterocycles. The molecule has 1 nitrogen and oxygen atoms in total. The van der Waals surface area contributed by atoms with Crippen LogP contribution in [0.5, 0.6) is 0 Å². The first-order valence-electron chi connectivity index (χ1n) is 7.95. The smallest absolute Gasteiger partial charge is 0.0149 e. The summed E-state index contributed by atoms with van der Waals surface area (Å²) < 4.78 is 0. The standard InChI is InChI=1S/C16H27N/c1-17-5-3-2-4-15(17)16-9-12-6-13(10-16)8-14(7-12)11-16/h12-15H,2-11H2,1H3. The zero-order valence-corrected chi connectivity index (χ0v) is 11.3. The van der Waals surface area contributed by atoms with Crippen molar-refractivity contribution in [2.24, 2.45) is 23.2 Å². The van der Waals surface area contributed by atoms with E-state index in [4.69, 9.17) is 0 Å². The molecule has 5 aliphatic rings. The van der Waals surface area contributed by atoms with Gasteiger partial charge in [-0.2, -0.15) is 0 Å². The maximum atomic E-state index is 2.73. The summed E-state index contributed by atoms with van der Waals surface area (Å²) in [5, 5.41) is 0. The van der Waals surface area contributed by atoms with Crippen molar-refractivity contribution in [3.8, 4) is 0 Å². The highest BCUT2D eigenvalue weighted by molar-refractivity contribution is 5.06. The van der Waals surface area contributed by atoms with Crippen molar-refractivity contribution in [3.05, 3.63) is 0 Å². The van der Waals surface area contributed by atoms with Crippen molar-refractivity contribution in [1.82, 2.24) is 4.90 Å². The normalized spacial score (nSPS) is 54.2. The van der Waals surface area contributed by atoms with Crippen LogP contribution < -0.4 is 0 Å². The van der Waals surface area contributed by atoms with Crippen molar-refractivity contribution < 1.29 is 0 Å². The summed E-state index contributed by atoms with van der Waals surface area (Å²) in [5.74, 6) is 3.37. The van der Waals surface area contributed by atoms with Gasteiger partial charge in [0.25, 0.3) is 0 Å². The second-order valence-corrected chi connectivity index (χ2v) is 7.77. The highest BCUT2D eigenvalue weighted by Gasteiger charge is 2.54. The topological polar surface area (TPSA) is 3.24 Å². The first-order valence-corrected chi connectivity index (χ1v) is 7.95. The van der Waals surface area contributed by atoms with E-state index in [1.54, 1.807) is 38.5 Å². The number of likely N-dealkylation sites (tertiary alicyclic amines) is 1. The molecule has 1 unspecified atom stereocenters. The predicted octanol–water partition coefficient (Wildman–Crippen LogP) is 3.69. The Balaban J connectivity index is 1.63. The second kappa shape index (κ2) is 3.73. The third-order valence-corrected chi connectivity index (χ3v) is 6.56. The van der Waals surface area contributed by atoms with Crippen molar-refractivity contribution in [1.29, 1.82) is 0 Å². The van der Waals surface area contributed by atoms with Gasteiger partial charge < -0.3 is 4.90 Å².